The van der Waals surface area contributed by atoms with E-state index in [0.717, 1.165) is 32.5 Å². The molecule has 2 atom stereocenters. The van der Waals surface area contributed by atoms with Crippen LogP contribution in [-0.2, 0) is 16.1 Å². The van der Waals surface area contributed by atoms with E-state index in [1.807, 2.05) is 18.2 Å². The lowest BCUT2D eigenvalue weighted by Crippen LogP contribution is -2.49. The maximum Gasteiger partial charge on any atom is 0.305 e. The molecule has 2 rings (SSSR count). The molecule has 1 aliphatic rings. The van der Waals surface area contributed by atoms with E-state index in [4.69, 9.17) is 10.00 Å². The second kappa shape index (κ2) is 9.29. The third-order valence-electron chi connectivity index (χ3n) is 4.33. The Labute approximate surface area is 138 Å². The summed E-state index contributed by atoms with van der Waals surface area (Å²) in [6.07, 6.45) is 2.30. The highest BCUT2D eigenvalue weighted by Crippen LogP contribution is 2.22. The number of nitriles is 1. The molecule has 1 saturated heterocycles. The van der Waals surface area contributed by atoms with Gasteiger partial charge in [0.25, 0.3) is 0 Å². The summed E-state index contributed by atoms with van der Waals surface area (Å²) in [5, 5.41) is 12.6. The molecule has 1 aromatic carbocycles. The fourth-order valence-electron chi connectivity index (χ4n) is 3.17. The number of nitrogens with zero attached hydrogens (tertiary/aromatic N) is 2. The van der Waals surface area contributed by atoms with Crippen LogP contribution in [0.15, 0.2) is 30.3 Å². The predicted molar refractivity (Wildman–Crippen MR) is 88.5 cm³/mol. The number of likely N-dealkylation sites (tertiary alicyclic amines) is 1. The van der Waals surface area contributed by atoms with Gasteiger partial charge in [0.15, 0.2) is 0 Å². The van der Waals surface area contributed by atoms with Crippen molar-refractivity contribution in [2.24, 2.45) is 5.92 Å². The molecule has 23 heavy (non-hydrogen) atoms. The lowest BCUT2D eigenvalue weighted by molar-refractivity contribution is -0.141. The number of hydrogen-bond donors (Lipinski definition) is 1. The van der Waals surface area contributed by atoms with Gasteiger partial charge in [-0.2, -0.15) is 5.26 Å². The standard InChI is InChI=1S/C18H25N3O2/c1-23-18(22)8-7-16-11-17(14-21(13-16)10-9-19)20-12-15-5-3-2-4-6-15/h2-6,16-17,20H,7-8,10-14H2,1H3. The molecule has 124 valence electrons. The zero-order chi connectivity index (χ0) is 16.5. The maximum absolute atomic E-state index is 11.4. The van der Waals surface area contributed by atoms with E-state index in [0.29, 0.717) is 24.9 Å². The van der Waals surface area contributed by atoms with Crippen LogP contribution in [-0.4, -0.2) is 43.7 Å². The molecule has 2 unspecified atom stereocenters. The number of esters is 1. The zero-order valence-corrected chi connectivity index (χ0v) is 13.7. The number of piperidine rings is 1. The Hall–Kier alpha value is -1.90. The van der Waals surface area contributed by atoms with Gasteiger partial charge in [0.1, 0.15) is 0 Å². The summed E-state index contributed by atoms with van der Waals surface area (Å²) in [5.74, 6) is 0.265. The van der Waals surface area contributed by atoms with Crippen LogP contribution in [0.25, 0.3) is 0 Å². The smallest absolute Gasteiger partial charge is 0.305 e. The van der Waals surface area contributed by atoms with E-state index in [2.05, 4.69) is 28.4 Å². The Morgan fingerprint density at radius 3 is 2.87 bits per heavy atom. The van der Waals surface area contributed by atoms with Gasteiger partial charge in [-0.15, -0.1) is 0 Å². The van der Waals surface area contributed by atoms with Gasteiger partial charge in [0.2, 0.25) is 0 Å². The minimum atomic E-state index is -0.156. The molecule has 0 bridgehead atoms. The average Bonchev–Trinajstić information content (AvgIpc) is 2.59. The van der Waals surface area contributed by atoms with Gasteiger partial charge in [-0.25, -0.2) is 0 Å². The van der Waals surface area contributed by atoms with Crippen molar-refractivity contribution in [1.29, 1.82) is 5.26 Å². The van der Waals surface area contributed by atoms with Crippen molar-refractivity contribution in [1.82, 2.24) is 10.2 Å². The Balaban J connectivity index is 1.87. The van der Waals surface area contributed by atoms with Gasteiger partial charge < -0.3 is 10.1 Å². The number of methoxy groups -OCH3 is 1. The maximum atomic E-state index is 11.4. The van der Waals surface area contributed by atoms with E-state index in [1.54, 1.807) is 0 Å². The largest absolute Gasteiger partial charge is 0.469 e. The summed E-state index contributed by atoms with van der Waals surface area (Å²) >= 11 is 0. The summed E-state index contributed by atoms with van der Waals surface area (Å²) < 4.78 is 4.73. The molecule has 1 N–H and O–H groups in total. The Morgan fingerprint density at radius 2 is 2.17 bits per heavy atom. The topological polar surface area (TPSA) is 65.4 Å². The SMILES string of the molecule is COC(=O)CCC1CC(NCc2ccccc2)CN(CC#N)C1. The van der Waals surface area contributed by atoms with Crippen LogP contribution in [0.3, 0.4) is 0 Å². The van der Waals surface area contributed by atoms with Crippen LogP contribution in [0.5, 0.6) is 0 Å². The van der Waals surface area contributed by atoms with Crippen molar-refractivity contribution >= 4 is 5.97 Å². The minimum Gasteiger partial charge on any atom is -0.469 e. The first kappa shape index (κ1) is 17.5. The molecule has 1 heterocycles. The fourth-order valence-corrected chi connectivity index (χ4v) is 3.17. The predicted octanol–water partition coefficient (Wildman–Crippen LogP) is 1.94. The van der Waals surface area contributed by atoms with Crippen molar-refractivity contribution in [3.8, 4) is 6.07 Å². The lowest BCUT2D eigenvalue weighted by atomic mass is 9.90. The molecule has 0 saturated carbocycles. The normalized spacial score (nSPS) is 21.6. The zero-order valence-electron chi connectivity index (χ0n) is 13.7. The molecule has 0 aromatic heterocycles. The lowest BCUT2D eigenvalue weighted by Gasteiger charge is -2.37. The highest BCUT2D eigenvalue weighted by Gasteiger charge is 2.27. The summed E-state index contributed by atoms with van der Waals surface area (Å²) in [6.45, 7) is 3.04. The van der Waals surface area contributed by atoms with Gasteiger partial charge in [-0.3, -0.25) is 9.69 Å². The molecule has 5 heteroatoms. The van der Waals surface area contributed by atoms with E-state index in [9.17, 15) is 4.79 Å². The first-order valence-corrected chi connectivity index (χ1v) is 8.14. The van der Waals surface area contributed by atoms with E-state index >= 15 is 0 Å². The molecule has 0 radical (unpaired) electrons. The number of carbonyl (C=O) groups is 1. The number of ether oxygens (including phenoxy) is 1. The van der Waals surface area contributed by atoms with Gasteiger partial charge in [-0.1, -0.05) is 30.3 Å². The van der Waals surface area contributed by atoms with Gasteiger partial charge in [-0.05, 0) is 24.3 Å². The highest BCUT2D eigenvalue weighted by molar-refractivity contribution is 5.69. The monoisotopic (exact) mass is 315 g/mol. The number of hydrogen-bond acceptors (Lipinski definition) is 5. The molecule has 0 amide bonds. The van der Waals surface area contributed by atoms with Crippen LogP contribution in [0.2, 0.25) is 0 Å². The average molecular weight is 315 g/mol. The fraction of sp³-hybridized carbons (Fsp3) is 0.556. The summed E-state index contributed by atoms with van der Waals surface area (Å²) in [7, 11) is 1.43. The molecule has 1 aromatic rings. The van der Waals surface area contributed by atoms with Gasteiger partial charge >= 0.3 is 5.97 Å². The Morgan fingerprint density at radius 1 is 1.39 bits per heavy atom. The summed E-state index contributed by atoms with van der Waals surface area (Å²) in [6, 6.07) is 12.9. The molecule has 1 aliphatic heterocycles. The van der Waals surface area contributed by atoms with E-state index in [-0.39, 0.29) is 5.97 Å². The second-order valence-electron chi connectivity index (χ2n) is 6.13. The first-order valence-electron chi connectivity index (χ1n) is 8.14. The van der Waals surface area contributed by atoms with Crippen molar-refractivity contribution in [2.45, 2.75) is 31.8 Å². The number of rotatable bonds is 7. The van der Waals surface area contributed by atoms with Crippen LogP contribution >= 0.6 is 0 Å². The minimum absolute atomic E-state index is 0.156. The highest BCUT2D eigenvalue weighted by atomic mass is 16.5. The third-order valence-corrected chi connectivity index (χ3v) is 4.33. The van der Waals surface area contributed by atoms with Crippen molar-refractivity contribution < 1.29 is 9.53 Å². The molecule has 1 fully saturated rings. The third kappa shape index (κ3) is 6.01. The van der Waals surface area contributed by atoms with Crippen LogP contribution in [0.1, 0.15) is 24.8 Å². The van der Waals surface area contributed by atoms with Gasteiger partial charge in [0, 0.05) is 32.1 Å². The quantitative estimate of drug-likeness (QED) is 0.615. The summed E-state index contributed by atoms with van der Waals surface area (Å²) in [5.41, 5.74) is 1.26. The van der Waals surface area contributed by atoms with Crippen LogP contribution in [0.4, 0.5) is 0 Å². The molecular weight excluding hydrogens is 290 g/mol. The number of nitrogens with one attached hydrogen (secondary N) is 1. The van der Waals surface area contributed by atoms with Crippen LogP contribution < -0.4 is 5.32 Å². The van der Waals surface area contributed by atoms with Crippen molar-refractivity contribution in [2.75, 3.05) is 26.7 Å². The molecule has 0 spiro atoms. The van der Waals surface area contributed by atoms with Crippen LogP contribution in [0, 0.1) is 17.2 Å². The molecule has 5 nitrogen and oxygen atoms in total. The second-order valence-corrected chi connectivity index (χ2v) is 6.13. The molecular formula is C18H25N3O2. The van der Waals surface area contributed by atoms with Gasteiger partial charge in [0.05, 0.1) is 19.7 Å². The Kier molecular flexibility index (Phi) is 7.05. The van der Waals surface area contributed by atoms with Crippen molar-refractivity contribution in [3.63, 3.8) is 0 Å². The van der Waals surface area contributed by atoms with Crippen molar-refractivity contribution in [3.05, 3.63) is 35.9 Å². The summed E-state index contributed by atoms with van der Waals surface area (Å²) in [4.78, 5) is 13.5. The number of carbonyl (C=O) groups excluding carboxylic acids is 1. The number of benzene rings is 1. The first-order chi connectivity index (χ1) is 11.2. The Bertz CT molecular complexity index is 527. The molecule has 0 aliphatic carbocycles. The van der Waals surface area contributed by atoms with E-state index < -0.39 is 0 Å². The van der Waals surface area contributed by atoms with E-state index in [1.165, 1.54) is 12.7 Å².